The molecule has 23 heavy (non-hydrogen) atoms. The minimum absolute atomic E-state index is 0.209. The lowest BCUT2D eigenvalue weighted by molar-refractivity contribution is 0.0726. The first kappa shape index (κ1) is 16.3. The topological polar surface area (TPSA) is 26.8 Å². The number of likely N-dealkylation sites (N-methyl/N-ethyl adjacent to an activating group) is 1. The van der Waals surface area contributed by atoms with Gasteiger partial charge in [-0.05, 0) is 51.9 Å². The van der Waals surface area contributed by atoms with Crippen LogP contribution in [-0.4, -0.2) is 62.0 Å². The number of carbonyl (C=O) groups is 1. The molecule has 1 amide bonds. The zero-order valence-electron chi connectivity index (χ0n) is 14.5. The van der Waals surface area contributed by atoms with Crippen molar-refractivity contribution in [2.75, 3.05) is 45.2 Å². The molecule has 2 saturated heterocycles. The summed E-state index contributed by atoms with van der Waals surface area (Å²) in [6.07, 6.45) is 5.97. The number of hydrogen-bond donors (Lipinski definition) is 0. The zero-order valence-corrected chi connectivity index (χ0v) is 14.5. The summed E-state index contributed by atoms with van der Waals surface area (Å²) in [5, 5.41) is 0. The normalized spacial score (nSPS) is 22.5. The van der Waals surface area contributed by atoms with Gasteiger partial charge in [0.25, 0.3) is 5.91 Å². The lowest BCUT2D eigenvalue weighted by Gasteiger charge is -2.30. The SMILES string of the molecule is CN(C)[C@H]1CCCCN(C(=O)c2ccccc2N2CCCC2)C1. The summed E-state index contributed by atoms with van der Waals surface area (Å²) in [7, 11) is 4.24. The first-order chi connectivity index (χ1) is 11.2. The number of rotatable bonds is 3. The second-order valence-electron chi connectivity index (χ2n) is 7.08. The van der Waals surface area contributed by atoms with Gasteiger partial charge >= 0.3 is 0 Å². The Kier molecular flexibility index (Phi) is 5.21. The highest BCUT2D eigenvalue weighted by Crippen LogP contribution is 2.26. The Labute approximate surface area is 140 Å². The van der Waals surface area contributed by atoms with Gasteiger partial charge in [0.05, 0.1) is 5.56 Å². The van der Waals surface area contributed by atoms with Crippen LogP contribution >= 0.6 is 0 Å². The maximum atomic E-state index is 13.2. The summed E-state index contributed by atoms with van der Waals surface area (Å²) < 4.78 is 0. The van der Waals surface area contributed by atoms with Crippen molar-refractivity contribution in [2.24, 2.45) is 0 Å². The second kappa shape index (κ2) is 7.35. The highest BCUT2D eigenvalue weighted by atomic mass is 16.2. The largest absolute Gasteiger partial charge is 0.371 e. The molecule has 0 aliphatic carbocycles. The van der Waals surface area contributed by atoms with E-state index in [4.69, 9.17) is 0 Å². The van der Waals surface area contributed by atoms with E-state index < -0.39 is 0 Å². The monoisotopic (exact) mass is 315 g/mol. The molecular weight excluding hydrogens is 286 g/mol. The van der Waals surface area contributed by atoms with Gasteiger partial charge in [-0.2, -0.15) is 0 Å². The molecule has 2 aliphatic rings. The van der Waals surface area contributed by atoms with Crippen molar-refractivity contribution in [1.29, 1.82) is 0 Å². The van der Waals surface area contributed by atoms with Crippen molar-refractivity contribution in [3.63, 3.8) is 0 Å². The van der Waals surface area contributed by atoms with Crippen molar-refractivity contribution in [3.05, 3.63) is 29.8 Å². The molecule has 2 fully saturated rings. The molecule has 0 bridgehead atoms. The molecule has 2 heterocycles. The molecule has 0 radical (unpaired) electrons. The molecule has 1 aromatic rings. The number of anilines is 1. The molecule has 4 heteroatoms. The van der Waals surface area contributed by atoms with E-state index in [1.54, 1.807) is 0 Å². The van der Waals surface area contributed by atoms with Crippen LogP contribution in [0.15, 0.2) is 24.3 Å². The van der Waals surface area contributed by atoms with Gasteiger partial charge in [-0.1, -0.05) is 18.6 Å². The van der Waals surface area contributed by atoms with Crippen molar-refractivity contribution in [1.82, 2.24) is 9.80 Å². The number of nitrogens with zero attached hydrogens (tertiary/aromatic N) is 3. The molecular formula is C19H29N3O. The van der Waals surface area contributed by atoms with Gasteiger partial charge in [-0.3, -0.25) is 4.79 Å². The molecule has 0 aromatic heterocycles. The van der Waals surface area contributed by atoms with E-state index >= 15 is 0 Å². The second-order valence-corrected chi connectivity index (χ2v) is 7.08. The van der Waals surface area contributed by atoms with E-state index in [2.05, 4.69) is 40.9 Å². The van der Waals surface area contributed by atoms with Gasteiger partial charge < -0.3 is 14.7 Å². The number of para-hydroxylation sites is 1. The highest BCUT2D eigenvalue weighted by Gasteiger charge is 2.27. The Bertz CT molecular complexity index is 537. The fourth-order valence-electron chi connectivity index (χ4n) is 3.78. The minimum atomic E-state index is 0.209. The number of hydrogen-bond acceptors (Lipinski definition) is 3. The number of carbonyl (C=O) groups excluding carboxylic acids is 1. The third kappa shape index (κ3) is 3.69. The minimum Gasteiger partial charge on any atom is -0.371 e. The average molecular weight is 315 g/mol. The van der Waals surface area contributed by atoms with Gasteiger partial charge in [0, 0.05) is 37.9 Å². The predicted molar refractivity (Wildman–Crippen MR) is 95.1 cm³/mol. The summed E-state index contributed by atoms with van der Waals surface area (Å²) in [5.41, 5.74) is 2.01. The van der Waals surface area contributed by atoms with Crippen molar-refractivity contribution in [3.8, 4) is 0 Å². The van der Waals surface area contributed by atoms with E-state index in [0.717, 1.165) is 43.9 Å². The van der Waals surface area contributed by atoms with Crippen LogP contribution < -0.4 is 4.90 Å². The Balaban J connectivity index is 1.81. The summed E-state index contributed by atoms with van der Waals surface area (Å²) in [6.45, 7) is 3.88. The molecule has 0 saturated carbocycles. The Hall–Kier alpha value is -1.55. The molecule has 0 spiro atoms. The molecule has 1 aromatic carbocycles. The molecule has 3 rings (SSSR count). The standard InChI is InChI=1S/C19H29N3O/c1-20(2)16-9-5-6-14-22(15-16)19(23)17-10-3-4-11-18(17)21-12-7-8-13-21/h3-4,10-11,16H,5-9,12-15H2,1-2H3/t16-/m0/s1. The fourth-order valence-corrected chi connectivity index (χ4v) is 3.78. The number of likely N-dealkylation sites (tertiary alicyclic amines) is 1. The fraction of sp³-hybridized carbons (Fsp3) is 0.632. The maximum Gasteiger partial charge on any atom is 0.256 e. The van der Waals surface area contributed by atoms with Crippen LogP contribution in [0.3, 0.4) is 0 Å². The summed E-state index contributed by atoms with van der Waals surface area (Å²) in [5.74, 6) is 0.209. The Morgan fingerprint density at radius 2 is 1.74 bits per heavy atom. The molecule has 4 nitrogen and oxygen atoms in total. The highest BCUT2D eigenvalue weighted by molar-refractivity contribution is 6.00. The van der Waals surface area contributed by atoms with Gasteiger partial charge in [0.15, 0.2) is 0 Å². The molecule has 0 unspecified atom stereocenters. The van der Waals surface area contributed by atoms with Crippen LogP contribution in [0.5, 0.6) is 0 Å². The van der Waals surface area contributed by atoms with Gasteiger partial charge in [-0.15, -0.1) is 0 Å². The van der Waals surface area contributed by atoms with Gasteiger partial charge in [-0.25, -0.2) is 0 Å². The molecule has 0 N–H and O–H groups in total. The van der Waals surface area contributed by atoms with E-state index in [-0.39, 0.29) is 5.91 Å². The Morgan fingerprint density at radius 3 is 2.48 bits per heavy atom. The first-order valence-electron chi connectivity index (χ1n) is 8.96. The van der Waals surface area contributed by atoms with Gasteiger partial charge in [0.2, 0.25) is 0 Å². The summed E-state index contributed by atoms with van der Waals surface area (Å²) in [4.78, 5) is 19.9. The van der Waals surface area contributed by atoms with Crippen molar-refractivity contribution >= 4 is 11.6 Å². The van der Waals surface area contributed by atoms with Crippen LogP contribution in [0.1, 0.15) is 42.5 Å². The summed E-state index contributed by atoms with van der Waals surface area (Å²) >= 11 is 0. The van der Waals surface area contributed by atoms with Crippen molar-refractivity contribution < 1.29 is 4.79 Å². The lowest BCUT2D eigenvalue weighted by atomic mass is 10.1. The Morgan fingerprint density at radius 1 is 1.04 bits per heavy atom. The van der Waals surface area contributed by atoms with E-state index in [1.165, 1.54) is 25.7 Å². The van der Waals surface area contributed by atoms with E-state index in [1.807, 2.05) is 12.1 Å². The predicted octanol–water partition coefficient (Wildman–Crippen LogP) is 2.84. The number of amides is 1. The van der Waals surface area contributed by atoms with Crippen LogP contribution in [0.2, 0.25) is 0 Å². The van der Waals surface area contributed by atoms with Crippen LogP contribution in [0, 0.1) is 0 Å². The van der Waals surface area contributed by atoms with E-state index in [0.29, 0.717) is 6.04 Å². The van der Waals surface area contributed by atoms with Crippen LogP contribution in [0.25, 0.3) is 0 Å². The molecule has 126 valence electrons. The first-order valence-corrected chi connectivity index (χ1v) is 8.96. The lowest BCUT2D eigenvalue weighted by Crippen LogP contribution is -2.42. The number of benzene rings is 1. The third-order valence-corrected chi connectivity index (χ3v) is 5.25. The molecule has 2 aliphatic heterocycles. The van der Waals surface area contributed by atoms with Crippen LogP contribution in [0.4, 0.5) is 5.69 Å². The van der Waals surface area contributed by atoms with Gasteiger partial charge in [0.1, 0.15) is 0 Å². The molecule has 1 atom stereocenters. The smallest absolute Gasteiger partial charge is 0.256 e. The van der Waals surface area contributed by atoms with Crippen LogP contribution in [-0.2, 0) is 0 Å². The maximum absolute atomic E-state index is 13.2. The zero-order chi connectivity index (χ0) is 16.2. The quantitative estimate of drug-likeness (QED) is 0.858. The third-order valence-electron chi connectivity index (χ3n) is 5.25. The van der Waals surface area contributed by atoms with Crippen molar-refractivity contribution in [2.45, 2.75) is 38.1 Å². The summed E-state index contributed by atoms with van der Waals surface area (Å²) in [6, 6.07) is 8.63. The van der Waals surface area contributed by atoms with E-state index in [9.17, 15) is 4.79 Å². The average Bonchev–Trinajstić information content (AvgIpc) is 2.98.